The van der Waals surface area contributed by atoms with Crippen LogP contribution in [0.15, 0.2) is 6.07 Å². The molecule has 0 radical (unpaired) electrons. The van der Waals surface area contributed by atoms with E-state index in [0.29, 0.717) is 5.92 Å². The van der Waals surface area contributed by atoms with Gasteiger partial charge in [0.2, 0.25) is 10.0 Å². The summed E-state index contributed by atoms with van der Waals surface area (Å²) in [6.45, 7) is 11.8. The number of sulfonamides is 1. The van der Waals surface area contributed by atoms with Gasteiger partial charge in [0, 0.05) is 36.8 Å². The van der Waals surface area contributed by atoms with E-state index in [1.165, 1.54) is 0 Å². The van der Waals surface area contributed by atoms with Gasteiger partial charge in [0.15, 0.2) is 0 Å². The quantitative estimate of drug-likeness (QED) is 0.850. The summed E-state index contributed by atoms with van der Waals surface area (Å²) >= 11 is 0. The van der Waals surface area contributed by atoms with Crippen molar-refractivity contribution in [3.63, 3.8) is 0 Å². The van der Waals surface area contributed by atoms with Gasteiger partial charge in [-0.05, 0) is 25.7 Å². The van der Waals surface area contributed by atoms with Crippen LogP contribution in [0.4, 0.5) is 5.82 Å². The van der Waals surface area contributed by atoms with Gasteiger partial charge in [-0.1, -0.05) is 27.7 Å². The van der Waals surface area contributed by atoms with E-state index < -0.39 is 10.0 Å². The molecule has 7 heteroatoms. The molecule has 0 amide bonds. The number of anilines is 1. The third kappa shape index (κ3) is 4.89. The zero-order valence-corrected chi connectivity index (χ0v) is 16.2. The van der Waals surface area contributed by atoms with Crippen LogP contribution in [0.3, 0.4) is 0 Å². The first-order valence-corrected chi connectivity index (χ1v) is 10.5. The van der Waals surface area contributed by atoms with Crippen molar-refractivity contribution in [1.82, 2.24) is 14.7 Å². The van der Waals surface area contributed by atoms with E-state index in [2.05, 4.69) is 48.4 Å². The first-order valence-electron chi connectivity index (χ1n) is 8.85. The molecule has 0 spiro atoms. The summed E-state index contributed by atoms with van der Waals surface area (Å²) in [5.41, 5.74) is 1.07. The summed E-state index contributed by atoms with van der Waals surface area (Å²) in [6, 6.07) is 2.11. The molecule has 0 bridgehead atoms. The van der Waals surface area contributed by atoms with Gasteiger partial charge in [-0.25, -0.2) is 23.1 Å². The van der Waals surface area contributed by atoms with E-state index in [1.807, 2.05) is 0 Å². The molecule has 0 atom stereocenters. The lowest BCUT2D eigenvalue weighted by atomic mass is 10.1. The molecule has 1 fully saturated rings. The van der Waals surface area contributed by atoms with Gasteiger partial charge < -0.3 is 4.90 Å². The average Bonchev–Trinajstić information content (AvgIpc) is 2.54. The van der Waals surface area contributed by atoms with E-state index in [0.717, 1.165) is 43.3 Å². The normalized spacial score (nSPS) is 17.0. The topological polar surface area (TPSA) is 75.2 Å². The maximum absolute atomic E-state index is 11.7. The lowest BCUT2D eigenvalue weighted by Gasteiger charge is -2.33. The number of nitrogens with zero attached hydrogens (tertiary/aromatic N) is 3. The van der Waals surface area contributed by atoms with Crippen molar-refractivity contribution in [2.45, 2.75) is 65.3 Å². The second kappa shape index (κ2) is 7.78. The first kappa shape index (κ1) is 19.1. The highest BCUT2D eigenvalue weighted by Crippen LogP contribution is 2.24. The summed E-state index contributed by atoms with van der Waals surface area (Å²) in [7, 11) is -3.13. The molecule has 0 aromatic carbocycles. The van der Waals surface area contributed by atoms with Crippen LogP contribution in [-0.4, -0.2) is 43.3 Å². The Balaban J connectivity index is 2.11. The standard InChI is InChI=1S/C17H30N4O2S/c1-6-24(22,23)20-14-7-9-21(10-8-14)16-11-15(12(2)3)18-17(19-16)13(4)5/h11-14,20H,6-10H2,1-5H3. The van der Waals surface area contributed by atoms with Crippen LogP contribution in [0.25, 0.3) is 0 Å². The molecule has 1 aliphatic heterocycles. The van der Waals surface area contributed by atoms with Crippen molar-refractivity contribution in [3.05, 3.63) is 17.6 Å². The predicted molar refractivity (Wildman–Crippen MR) is 98.0 cm³/mol. The Morgan fingerprint density at radius 2 is 1.79 bits per heavy atom. The number of aromatic nitrogens is 2. The predicted octanol–water partition coefficient (Wildman–Crippen LogP) is 2.63. The van der Waals surface area contributed by atoms with Gasteiger partial charge in [0.1, 0.15) is 11.6 Å². The number of hydrogen-bond acceptors (Lipinski definition) is 5. The monoisotopic (exact) mass is 354 g/mol. The van der Waals surface area contributed by atoms with Gasteiger partial charge in [0.25, 0.3) is 0 Å². The zero-order valence-electron chi connectivity index (χ0n) is 15.4. The Labute approximate surface area is 146 Å². The van der Waals surface area contributed by atoms with E-state index >= 15 is 0 Å². The fraction of sp³-hybridized carbons (Fsp3) is 0.765. The van der Waals surface area contributed by atoms with Crippen molar-refractivity contribution >= 4 is 15.8 Å². The summed E-state index contributed by atoms with van der Waals surface area (Å²) in [4.78, 5) is 11.6. The number of piperidine rings is 1. The third-order valence-electron chi connectivity index (χ3n) is 4.40. The van der Waals surface area contributed by atoms with Crippen LogP contribution >= 0.6 is 0 Å². The Hall–Kier alpha value is -1.21. The minimum absolute atomic E-state index is 0.0298. The van der Waals surface area contributed by atoms with Crippen molar-refractivity contribution < 1.29 is 8.42 Å². The molecule has 2 heterocycles. The Bertz CT molecular complexity index is 624. The third-order valence-corrected chi connectivity index (χ3v) is 5.86. The highest BCUT2D eigenvalue weighted by Gasteiger charge is 2.24. The fourth-order valence-corrected chi connectivity index (χ4v) is 3.66. The van der Waals surface area contributed by atoms with Crippen LogP contribution in [0.2, 0.25) is 0 Å². The highest BCUT2D eigenvalue weighted by molar-refractivity contribution is 7.89. The van der Waals surface area contributed by atoms with Crippen molar-refractivity contribution in [2.75, 3.05) is 23.7 Å². The Morgan fingerprint density at radius 1 is 1.17 bits per heavy atom. The molecular formula is C17H30N4O2S. The zero-order chi connectivity index (χ0) is 17.9. The summed E-state index contributed by atoms with van der Waals surface area (Å²) < 4.78 is 26.2. The van der Waals surface area contributed by atoms with Crippen LogP contribution < -0.4 is 9.62 Å². The highest BCUT2D eigenvalue weighted by atomic mass is 32.2. The second-order valence-electron chi connectivity index (χ2n) is 7.10. The minimum Gasteiger partial charge on any atom is -0.356 e. The average molecular weight is 355 g/mol. The van der Waals surface area contributed by atoms with E-state index in [1.54, 1.807) is 6.92 Å². The van der Waals surface area contributed by atoms with Crippen molar-refractivity contribution in [1.29, 1.82) is 0 Å². The maximum atomic E-state index is 11.7. The summed E-state index contributed by atoms with van der Waals surface area (Å²) in [5, 5.41) is 0. The Kier molecular flexibility index (Phi) is 6.20. The smallest absolute Gasteiger partial charge is 0.211 e. The lowest BCUT2D eigenvalue weighted by Crippen LogP contribution is -2.45. The van der Waals surface area contributed by atoms with Crippen LogP contribution in [0, 0.1) is 0 Å². The first-order chi connectivity index (χ1) is 11.2. The molecule has 2 rings (SSSR count). The van der Waals surface area contributed by atoms with Gasteiger partial charge in [-0.3, -0.25) is 0 Å². The summed E-state index contributed by atoms with van der Waals surface area (Å²) in [5.74, 6) is 2.63. The molecule has 24 heavy (non-hydrogen) atoms. The van der Waals surface area contributed by atoms with Gasteiger partial charge in [0.05, 0.1) is 5.75 Å². The molecular weight excluding hydrogens is 324 g/mol. The largest absolute Gasteiger partial charge is 0.356 e. The second-order valence-corrected chi connectivity index (χ2v) is 9.14. The van der Waals surface area contributed by atoms with E-state index in [9.17, 15) is 8.42 Å². The lowest BCUT2D eigenvalue weighted by molar-refractivity contribution is 0.458. The van der Waals surface area contributed by atoms with Crippen molar-refractivity contribution in [3.8, 4) is 0 Å². The van der Waals surface area contributed by atoms with Gasteiger partial charge >= 0.3 is 0 Å². The molecule has 1 saturated heterocycles. The fourth-order valence-electron chi connectivity index (χ4n) is 2.75. The van der Waals surface area contributed by atoms with Crippen molar-refractivity contribution in [2.24, 2.45) is 0 Å². The van der Waals surface area contributed by atoms with Gasteiger partial charge in [-0.2, -0.15) is 0 Å². The maximum Gasteiger partial charge on any atom is 0.211 e. The molecule has 136 valence electrons. The van der Waals surface area contributed by atoms with Crippen LogP contribution in [0.5, 0.6) is 0 Å². The molecule has 1 aromatic rings. The number of rotatable bonds is 6. The molecule has 1 N–H and O–H groups in total. The number of nitrogens with one attached hydrogen (secondary N) is 1. The SMILES string of the molecule is CCS(=O)(=O)NC1CCN(c2cc(C(C)C)nc(C(C)C)n2)CC1. The molecule has 1 aromatic heterocycles. The molecule has 0 saturated carbocycles. The van der Waals surface area contributed by atoms with E-state index in [-0.39, 0.29) is 17.7 Å². The van der Waals surface area contributed by atoms with Crippen LogP contribution in [-0.2, 0) is 10.0 Å². The van der Waals surface area contributed by atoms with Crippen LogP contribution in [0.1, 0.15) is 70.8 Å². The minimum atomic E-state index is -3.13. The van der Waals surface area contributed by atoms with Gasteiger partial charge in [-0.15, -0.1) is 0 Å². The Morgan fingerprint density at radius 3 is 2.29 bits per heavy atom. The molecule has 6 nitrogen and oxygen atoms in total. The molecule has 1 aliphatic rings. The number of hydrogen-bond donors (Lipinski definition) is 1. The molecule has 0 unspecified atom stereocenters. The molecule has 0 aliphatic carbocycles. The van der Waals surface area contributed by atoms with E-state index in [4.69, 9.17) is 4.98 Å². The summed E-state index contributed by atoms with van der Waals surface area (Å²) in [6.07, 6.45) is 1.61.